The molecule has 1 N–H and O–H groups in total. The average Bonchev–Trinajstić information content (AvgIpc) is 2.45. The maximum absolute atomic E-state index is 10.2. The van der Waals surface area contributed by atoms with Gasteiger partial charge in [0.25, 0.3) is 0 Å². The van der Waals surface area contributed by atoms with E-state index in [1.54, 1.807) is 27.4 Å². The molecule has 0 aliphatic heterocycles. The van der Waals surface area contributed by atoms with Crippen molar-refractivity contribution in [1.82, 2.24) is 4.90 Å². The molecule has 0 amide bonds. The quantitative estimate of drug-likeness (QED) is 0.750. The summed E-state index contributed by atoms with van der Waals surface area (Å²) in [6.07, 6.45) is 0. The third-order valence-electron chi connectivity index (χ3n) is 3.29. The standard InChI is InChI=1S/C15H25NO4/c1-12(11-19-3)16(8-9-18-2)10-13-6-5-7-14(20-4)15(13)17/h5-7,12,17H,8-11H2,1-4H3. The lowest BCUT2D eigenvalue weighted by atomic mass is 10.1. The zero-order chi connectivity index (χ0) is 15.0. The molecule has 0 spiro atoms. The lowest BCUT2D eigenvalue weighted by Gasteiger charge is -2.28. The number of phenolic OH excluding ortho intramolecular Hbond substituents is 1. The number of methoxy groups -OCH3 is 3. The fourth-order valence-electron chi connectivity index (χ4n) is 2.09. The summed E-state index contributed by atoms with van der Waals surface area (Å²) in [7, 11) is 4.92. The highest BCUT2D eigenvalue weighted by Gasteiger charge is 2.17. The number of benzene rings is 1. The molecule has 0 saturated heterocycles. The molecule has 1 rings (SSSR count). The molecule has 0 aliphatic rings. The fourth-order valence-corrected chi connectivity index (χ4v) is 2.09. The van der Waals surface area contributed by atoms with Crippen LogP contribution >= 0.6 is 0 Å². The fraction of sp³-hybridized carbons (Fsp3) is 0.600. The summed E-state index contributed by atoms with van der Waals surface area (Å²) >= 11 is 0. The van der Waals surface area contributed by atoms with Crippen LogP contribution in [0.3, 0.4) is 0 Å². The first-order valence-corrected chi connectivity index (χ1v) is 6.70. The summed E-state index contributed by atoms with van der Waals surface area (Å²) in [5.74, 6) is 0.690. The minimum Gasteiger partial charge on any atom is -0.504 e. The third kappa shape index (κ3) is 4.67. The van der Waals surface area contributed by atoms with E-state index < -0.39 is 0 Å². The van der Waals surface area contributed by atoms with Crippen LogP contribution in [0.25, 0.3) is 0 Å². The minimum atomic E-state index is 0.196. The summed E-state index contributed by atoms with van der Waals surface area (Å²) in [6.45, 7) is 4.76. The van der Waals surface area contributed by atoms with E-state index in [0.29, 0.717) is 25.5 Å². The molecule has 1 atom stereocenters. The minimum absolute atomic E-state index is 0.196. The second-order valence-corrected chi connectivity index (χ2v) is 4.74. The van der Waals surface area contributed by atoms with Crippen molar-refractivity contribution in [3.63, 3.8) is 0 Å². The maximum atomic E-state index is 10.2. The number of ether oxygens (including phenoxy) is 3. The Morgan fingerprint density at radius 3 is 2.55 bits per heavy atom. The van der Waals surface area contributed by atoms with Crippen molar-refractivity contribution in [2.24, 2.45) is 0 Å². The highest BCUT2D eigenvalue weighted by atomic mass is 16.5. The molecule has 0 fully saturated rings. The lowest BCUT2D eigenvalue weighted by molar-refractivity contribution is 0.0700. The van der Waals surface area contributed by atoms with E-state index in [4.69, 9.17) is 14.2 Å². The van der Waals surface area contributed by atoms with Crippen molar-refractivity contribution in [3.05, 3.63) is 23.8 Å². The molecular weight excluding hydrogens is 258 g/mol. The van der Waals surface area contributed by atoms with Gasteiger partial charge in [0.1, 0.15) is 0 Å². The van der Waals surface area contributed by atoms with E-state index >= 15 is 0 Å². The number of para-hydroxylation sites is 1. The molecule has 0 aromatic heterocycles. The number of phenols is 1. The molecule has 1 aromatic rings. The molecule has 0 aliphatic carbocycles. The Balaban J connectivity index is 2.82. The maximum Gasteiger partial charge on any atom is 0.162 e. The zero-order valence-corrected chi connectivity index (χ0v) is 12.8. The molecule has 5 nitrogen and oxygen atoms in total. The highest BCUT2D eigenvalue weighted by molar-refractivity contribution is 5.45. The number of aromatic hydroxyl groups is 1. The SMILES string of the molecule is COCCN(Cc1cccc(OC)c1O)C(C)COC. The van der Waals surface area contributed by atoms with Crippen LogP contribution in [0, 0.1) is 0 Å². The first-order valence-electron chi connectivity index (χ1n) is 6.70. The van der Waals surface area contributed by atoms with E-state index in [2.05, 4.69) is 11.8 Å². The average molecular weight is 283 g/mol. The Hall–Kier alpha value is -1.30. The molecule has 1 unspecified atom stereocenters. The lowest BCUT2D eigenvalue weighted by Crippen LogP contribution is -2.38. The van der Waals surface area contributed by atoms with Crippen LogP contribution in [0.1, 0.15) is 12.5 Å². The topological polar surface area (TPSA) is 51.2 Å². The molecule has 0 bridgehead atoms. The van der Waals surface area contributed by atoms with Crippen molar-refractivity contribution in [3.8, 4) is 11.5 Å². The van der Waals surface area contributed by atoms with E-state index in [1.165, 1.54) is 0 Å². The van der Waals surface area contributed by atoms with Crippen LogP contribution in [0.5, 0.6) is 11.5 Å². The second-order valence-electron chi connectivity index (χ2n) is 4.74. The summed E-state index contributed by atoms with van der Waals surface area (Å²) in [6, 6.07) is 5.76. The van der Waals surface area contributed by atoms with Crippen molar-refractivity contribution < 1.29 is 19.3 Å². The Morgan fingerprint density at radius 2 is 1.95 bits per heavy atom. The van der Waals surface area contributed by atoms with Gasteiger partial charge in [0.05, 0.1) is 20.3 Å². The van der Waals surface area contributed by atoms with Crippen LogP contribution in [-0.2, 0) is 16.0 Å². The Kier molecular flexibility index (Phi) is 7.36. The van der Waals surface area contributed by atoms with Crippen molar-refractivity contribution >= 4 is 0 Å². The van der Waals surface area contributed by atoms with E-state index in [9.17, 15) is 5.11 Å². The van der Waals surface area contributed by atoms with Crippen molar-refractivity contribution in [2.45, 2.75) is 19.5 Å². The van der Waals surface area contributed by atoms with E-state index in [-0.39, 0.29) is 11.8 Å². The van der Waals surface area contributed by atoms with Crippen molar-refractivity contribution in [1.29, 1.82) is 0 Å². The highest BCUT2D eigenvalue weighted by Crippen LogP contribution is 2.30. The van der Waals surface area contributed by atoms with Gasteiger partial charge in [-0.25, -0.2) is 0 Å². The predicted octanol–water partition coefficient (Wildman–Crippen LogP) is 1.88. The molecule has 0 radical (unpaired) electrons. The molecule has 20 heavy (non-hydrogen) atoms. The van der Waals surface area contributed by atoms with Crippen molar-refractivity contribution in [2.75, 3.05) is 41.1 Å². The van der Waals surface area contributed by atoms with Crippen LogP contribution in [0.4, 0.5) is 0 Å². The molecule has 0 heterocycles. The molecule has 114 valence electrons. The molecular formula is C15H25NO4. The summed E-state index contributed by atoms with van der Waals surface area (Å²) < 4.78 is 15.5. The Bertz CT molecular complexity index is 397. The Labute approximate surface area is 121 Å². The van der Waals surface area contributed by atoms with Crippen LogP contribution in [-0.4, -0.2) is 57.1 Å². The molecule has 1 aromatic carbocycles. The largest absolute Gasteiger partial charge is 0.504 e. The summed E-state index contributed by atoms with van der Waals surface area (Å²) in [4.78, 5) is 2.21. The number of hydrogen-bond donors (Lipinski definition) is 1. The smallest absolute Gasteiger partial charge is 0.162 e. The monoisotopic (exact) mass is 283 g/mol. The van der Waals surface area contributed by atoms with Gasteiger partial charge in [-0.05, 0) is 13.0 Å². The van der Waals surface area contributed by atoms with Gasteiger partial charge in [-0.2, -0.15) is 0 Å². The zero-order valence-electron chi connectivity index (χ0n) is 12.8. The van der Waals surface area contributed by atoms with Crippen LogP contribution < -0.4 is 4.74 Å². The van der Waals surface area contributed by atoms with Crippen LogP contribution in [0.15, 0.2) is 18.2 Å². The van der Waals surface area contributed by atoms with Gasteiger partial charge < -0.3 is 19.3 Å². The third-order valence-corrected chi connectivity index (χ3v) is 3.29. The molecule has 5 heteroatoms. The van der Waals surface area contributed by atoms with Gasteiger partial charge in [-0.15, -0.1) is 0 Å². The normalized spacial score (nSPS) is 12.7. The van der Waals surface area contributed by atoms with Gasteiger partial charge in [0.2, 0.25) is 0 Å². The van der Waals surface area contributed by atoms with Gasteiger partial charge in [0, 0.05) is 38.9 Å². The van der Waals surface area contributed by atoms with Gasteiger partial charge in [0.15, 0.2) is 11.5 Å². The van der Waals surface area contributed by atoms with Gasteiger partial charge in [-0.1, -0.05) is 12.1 Å². The number of nitrogens with zero attached hydrogens (tertiary/aromatic N) is 1. The Morgan fingerprint density at radius 1 is 1.20 bits per heavy atom. The van der Waals surface area contributed by atoms with Crippen LogP contribution in [0.2, 0.25) is 0 Å². The number of hydrogen-bond acceptors (Lipinski definition) is 5. The van der Waals surface area contributed by atoms with Gasteiger partial charge >= 0.3 is 0 Å². The second kappa shape index (κ2) is 8.79. The molecule has 0 saturated carbocycles. The first-order chi connectivity index (χ1) is 9.63. The van der Waals surface area contributed by atoms with E-state index in [1.807, 2.05) is 12.1 Å². The first kappa shape index (κ1) is 16.8. The van der Waals surface area contributed by atoms with E-state index in [0.717, 1.165) is 12.1 Å². The number of rotatable bonds is 9. The summed E-state index contributed by atoms with van der Waals surface area (Å²) in [5, 5.41) is 10.2. The summed E-state index contributed by atoms with van der Waals surface area (Å²) in [5.41, 5.74) is 0.836. The van der Waals surface area contributed by atoms with Gasteiger partial charge in [-0.3, -0.25) is 4.90 Å². The predicted molar refractivity (Wildman–Crippen MR) is 78.3 cm³/mol.